The predicted molar refractivity (Wildman–Crippen MR) is 116 cm³/mol. The first-order valence-corrected chi connectivity index (χ1v) is 10.5. The topological polar surface area (TPSA) is 119 Å². The van der Waals surface area contributed by atoms with Gasteiger partial charge in [0.2, 0.25) is 0 Å². The number of aromatic nitrogens is 1. The van der Waals surface area contributed by atoms with Crippen LogP contribution in [0.25, 0.3) is 0 Å². The van der Waals surface area contributed by atoms with E-state index in [0.717, 1.165) is 12.7 Å². The van der Waals surface area contributed by atoms with Crippen molar-refractivity contribution in [2.24, 2.45) is 5.41 Å². The third kappa shape index (κ3) is 5.73. The van der Waals surface area contributed by atoms with Crippen LogP contribution in [0.4, 0.5) is 0 Å². The summed E-state index contributed by atoms with van der Waals surface area (Å²) in [7, 11) is 1.15. The number of nitriles is 1. The maximum atomic E-state index is 13.0. The molecule has 1 aliphatic rings. The van der Waals surface area contributed by atoms with Gasteiger partial charge in [0.05, 0.1) is 38.4 Å². The highest BCUT2D eigenvalue weighted by atomic mass is 16.6. The van der Waals surface area contributed by atoms with Crippen molar-refractivity contribution in [3.05, 3.63) is 65.5 Å². The highest BCUT2D eigenvalue weighted by molar-refractivity contribution is 6.00. The van der Waals surface area contributed by atoms with Gasteiger partial charge in [0.1, 0.15) is 6.61 Å². The zero-order chi connectivity index (χ0) is 23.7. The van der Waals surface area contributed by atoms with Crippen LogP contribution in [-0.2, 0) is 36.8 Å². The van der Waals surface area contributed by atoms with E-state index in [-0.39, 0.29) is 18.9 Å². The zero-order valence-corrected chi connectivity index (χ0v) is 18.4. The molecule has 0 saturated carbocycles. The molecule has 0 spiro atoms. The first kappa shape index (κ1) is 23.9. The molecule has 0 radical (unpaired) electrons. The van der Waals surface area contributed by atoms with Crippen LogP contribution >= 0.6 is 0 Å². The van der Waals surface area contributed by atoms with Gasteiger partial charge in [0, 0.05) is 31.4 Å². The number of hydrogen-bond acceptors (Lipinski definition) is 8. The molecule has 172 valence electrons. The van der Waals surface area contributed by atoms with Gasteiger partial charge in [-0.1, -0.05) is 30.3 Å². The summed E-state index contributed by atoms with van der Waals surface area (Å²) >= 11 is 0. The Balaban J connectivity index is 1.79. The molecule has 0 aliphatic carbocycles. The molecule has 1 aromatic heterocycles. The number of rotatable bonds is 8. The van der Waals surface area contributed by atoms with Crippen molar-refractivity contribution < 1.29 is 28.6 Å². The van der Waals surface area contributed by atoms with Crippen molar-refractivity contribution in [1.29, 1.82) is 5.26 Å². The molecule has 1 aromatic carbocycles. The SMILES string of the molecule is COC(=O)C(CC#N)(Cc1ccc(C(=O)N2CCOCC2)cn1)C(=O)OCc1ccccc1. The van der Waals surface area contributed by atoms with Crippen molar-refractivity contribution in [1.82, 2.24) is 9.88 Å². The van der Waals surface area contributed by atoms with Crippen LogP contribution in [-0.4, -0.2) is 61.1 Å². The van der Waals surface area contributed by atoms with Crippen molar-refractivity contribution in [3.8, 4) is 6.07 Å². The lowest BCUT2D eigenvalue weighted by atomic mass is 9.80. The van der Waals surface area contributed by atoms with Crippen LogP contribution in [0.3, 0.4) is 0 Å². The van der Waals surface area contributed by atoms with Crippen LogP contribution in [0.2, 0.25) is 0 Å². The molecule has 1 aliphatic heterocycles. The van der Waals surface area contributed by atoms with Gasteiger partial charge < -0.3 is 19.1 Å². The molecule has 0 bridgehead atoms. The van der Waals surface area contributed by atoms with Gasteiger partial charge in [-0.3, -0.25) is 19.4 Å². The molecule has 1 saturated heterocycles. The average molecular weight is 451 g/mol. The van der Waals surface area contributed by atoms with Crippen LogP contribution in [0.15, 0.2) is 48.7 Å². The largest absolute Gasteiger partial charge is 0.468 e. The number of methoxy groups -OCH3 is 1. The van der Waals surface area contributed by atoms with E-state index in [1.807, 2.05) is 12.1 Å². The molecule has 3 rings (SSSR count). The van der Waals surface area contributed by atoms with Gasteiger partial charge >= 0.3 is 11.9 Å². The predicted octanol–water partition coefficient (Wildman–Crippen LogP) is 1.91. The highest BCUT2D eigenvalue weighted by Crippen LogP contribution is 2.31. The Labute approximate surface area is 191 Å². The summed E-state index contributed by atoms with van der Waals surface area (Å²) in [6.45, 7) is 1.92. The molecule has 33 heavy (non-hydrogen) atoms. The van der Waals surface area contributed by atoms with Crippen molar-refractivity contribution >= 4 is 17.8 Å². The molecule has 2 heterocycles. The minimum absolute atomic E-state index is 0.0513. The average Bonchev–Trinajstić information content (AvgIpc) is 2.87. The Kier molecular flexibility index (Phi) is 8.11. The summed E-state index contributed by atoms with van der Waals surface area (Å²) in [4.78, 5) is 44.3. The Morgan fingerprint density at radius 2 is 1.85 bits per heavy atom. The number of ether oxygens (including phenoxy) is 3. The monoisotopic (exact) mass is 451 g/mol. The third-order valence-corrected chi connectivity index (χ3v) is 5.41. The van der Waals surface area contributed by atoms with Gasteiger partial charge in [0.15, 0.2) is 5.41 Å². The third-order valence-electron chi connectivity index (χ3n) is 5.41. The van der Waals surface area contributed by atoms with Crippen LogP contribution < -0.4 is 0 Å². The smallest absolute Gasteiger partial charge is 0.325 e. The summed E-state index contributed by atoms with van der Waals surface area (Å²) in [5, 5.41) is 9.37. The number of pyridine rings is 1. The maximum Gasteiger partial charge on any atom is 0.325 e. The minimum Gasteiger partial charge on any atom is -0.468 e. The number of nitrogens with zero attached hydrogens (tertiary/aromatic N) is 3. The Morgan fingerprint density at radius 1 is 1.12 bits per heavy atom. The number of carbonyl (C=O) groups excluding carboxylic acids is 3. The summed E-state index contributed by atoms with van der Waals surface area (Å²) in [5.41, 5.74) is -0.395. The zero-order valence-electron chi connectivity index (χ0n) is 18.4. The first-order chi connectivity index (χ1) is 16.0. The maximum absolute atomic E-state index is 13.0. The highest BCUT2D eigenvalue weighted by Gasteiger charge is 2.49. The van der Waals surface area contributed by atoms with Crippen LogP contribution in [0.5, 0.6) is 0 Å². The van der Waals surface area contributed by atoms with E-state index < -0.39 is 23.8 Å². The van der Waals surface area contributed by atoms with Gasteiger partial charge in [-0.25, -0.2) is 0 Å². The van der Waals surface area contributed by atoms with Crippen LogP contribution in [0.1, 0.15) is 28.0 Å². The second-order valence-electron chi connectivity index (χ2n) is 7.59. The Morgan fingerprint density at radius 3 is 2.45 bits per heavy atom. The summed E-state index contributed by atoms with van der Waals surface area (Å²) in [6.07, 6.45) is 0.757. The van der Waals surface area contributed by atoms with Crippen molar-refractivity contribution in [2.75, 3.05) is 33.4 Å². The molecular weight excluding hydrogens is 426 g/mol. The fraction of sp³-hybridized carbons (Fsp3) is 0.375. The Bertz CT molecular complexity index is 1010. The quantitative estimate of drug-likeness (QED) is 0.441. The fourth-order valence-electron chi connectivity index (χ4n) is 3.54. The number of carbonyl (C=O) groups is 3. The molecule has 1 atom stereocenters. The van der Waals surface area contributed by atoms with Crippen LogP contribution in [0, 0.1) is 16.7 Å². The number of hydrogen-bond donors (Lipinski definition) is 0. The van der Waals surface area contributed by atoms with E-state index in [9.17, 15) is 19.6 Å². The molecular formula is C24H25N3O6. The minimum atomic E-state index is -1.87. The molecule has 2 aromatic rings. The van der Waals surface area contributed by atoms with E-state index in [1.54, 1.807) is 41.3 Å². The van der Waals surface area contributed by atoms with E-state index >= 15 is 0 Å². The lowest BCUT2D eigenvalue weighted by Crippen LogP contribution is -2.43. The second-order valence-corrected chi connectivity index (χ2v) is 7.59. The number of benzene rings is 1. The number of morpholine rings is 1. The number of amides is 1. The van der Waals surface area contributed by atoms with Crippen molar-refractivity contribution in [2.45, 2.75) is 19.4 Å². The first-order valence-electron chi connectivity index (χ1n) is 10.5. The molecule has 9 heteroatoms. The van der Waals surface area contributed by atoms with E-state index in [4.69, 9.17) is 14.2 Å². The second kappa shape index (κ2) is 11.2. The summed E-state index contributed by atoms with van der Waals surface area (Å²) < 4.78 is 15.5. The lowest BCUT2D eigenvalue weighted by Gasteiger charge is -2.27. The van der Waals surface area contributed by atoms with E-state index in [0.29, 0.717) is 37.6 Å². The molecule has 9 nitrogen and oxygen atoms in total. The normalized spacial score (nSPS) is 15.1. The number of esters is 2. The van der Waals surface area contributed by atoms with Gasteiger partial charge in [0.25, 0.3) is 5.91 Å². The summed E-state index contributed by atoms with van der Waals surface area (Å²) in [6, 6.07) is 14.0. The van der Waals surface area contributed by atoms with E-state index in [2.05, 4.69) is 4.98 Å². The lowest BCUT2D eigenvalue weighted by molar-refractivity contribution is -0.171. The molecule has 0 N–H and O–H groups in total. The Hall–Kier alpha value is -3.77. The molecule has 1 fully saturated rings. The van der Waals surface area contributed by atoms with Gasteiger partial charge in [-0.15, -0.1) is 0 Å². The standard InChI is InChI=1S/C24H25N3O6/c1-31-22(29)24(9-10-25,23(30)33-17-18-5-3-2-4-6-18)15-20-8-7-19(16-26-20)21(28)27-11-13-32-14-12-27/h2-8,16H,9,11-15,17H2,1H3. The molecule has 1 unspecified atom stereocenters. The van der Waals surface area contributed by atoms with Crippen molar-refractivity contribution in [3.63, 3.8) is 0 Å². The van der Waals surface area contributed by atoms with Gasteiger partial charge in [-0.05, 0) is 17.7 Å². The van der Waals surface area contributed by atoms with Gasteiger partial charge in [-0.2, -0.15) is 5.26 Å². The fourth-order valence-corrected chi connectivity index (χ4v) is 3.54. The van der Waals surface area contributed by atoms with E-state index in [1.165, 1.54) is 6.20 Å². The molecule has 1 amide bonds. The summed E-state index contributed by atoms with van der Waals surface area (Å²) in [5.74, 6) is -1.91.